The summed E-state index contributed by atoms with van der Waals surface area (Å²) in [5, 5.41) is 8.99. The molecule has 4 heteroatoms. The molecule has 1 aliphatic heterocycles. The Morgan fingerprint density at radius 2 is 2.17 bits per heavy atom. The van der Waals surface area contributed by atoms with Gasteiger partial charge in [0.2, 0.25) is 0 Å². The largest absolute Gasteiger partial charge is 0.481 e. The number of hydrogen-bond acceptors (Lipinski definition) is 3. The van der Waals surface area contributed by atoms with Gasteiger partial charge in [-0.15, -0.1) is 0 Å². The predicted octanol–water partition coefficient (Wildman–Crippen LogP) is 3.21. The first-order valence-electron chi connectivity index (χ1n) is 8.92. The number of carboxylic acids is 1. The molecular weight excluding hydrogens is 302 g/mol. The van der Waals surface area contributed by atoms with Crippen molar-refractivity contribution < 1.29 is 14.6 Å². The van der Waals surface area contributed by atoms with Crippen molar-refractivity contribution in [3.63, 3.8) is 0 Å². The molecule has 130 valence electrons. The maximum absolute atomic E-state index is 10.9. The molecule has 0 saturated carbocycles. The average molecular weight is 329 g/mol. The van der Waals surface area contributed by atoms with Crippen molar-refractivity contribution in [1.29, 1.82) is 0 Å². The topological polar surface area (TPSA) is 49.8 Å². The van der Waals surface area contributed by atoms with Gasteiger partial charge in [-0.25, -0.2) is 0 Å². The third-order valence-electron chi connectivity index (χ3n) is 5.04. The molecular formula is C20H27NO3. The van der Waals surface area contributed by atoms with Crippen LogP contribution in [0.3, 0.4) is 0 Å². The van der Waals surface area contributed by atoms with Crippen LogP contribution in [0.25, 0.3) is 6.08 Å². The zero-order chi connectivity index (χ0) is 17.1. The van der Waals surface area contributed by atoms with Crippen LogP contribution in [0.1, 0.15) is 37.0 Å². The second-order valence-electron chi connectivity index (χ2n) is 7.14. The molecule has 2 aliphatic rings. The van der Waals surface area contributed by atoms with Crippen LogP contribution in [0, 0.1) is 11.8 Å². The summed E-state index contributed by atoms with van der Waals surface area (Å²) in [4.78, 5) is 13.2. The molecule has 1 N–H and O–H groups in total. The number of rotatable bonds is 7. The number of carbonyl (C=O) groups is 1. The van der Waals surface area contributed by atoms with Crippen LogP contribution in [-0.4, -0.2) is 42.2 Å². The third-order valence-corrected chi connectivity index (χ3v) is 5.04. The Morgan fingerprint density at radius 1 is 1.38 bits per heavy atom. The standard InChI is InChI=1S/C20H27NO3/c1-3-6-24-13-15-4-5-16-9-18(14(2)7-17(16)8-15)10-21-11-19(12-21)20(22)23/h4-5,8-9,14,19H,3,6-7,10-13H2,1-2H3,(H,22,23)/t14-/m1/s1. The van der Waals surface area contributed by atoms with Gasteiger partial charge in [0.25, 0.3) is 0 Å². The lowest BCUT2D eigenvalue weighted by atomic mass is 9.83. The SMILES string of the molecule is CCCOCc1ccc2c(c1)C[C@@H](C)C(CN1CC(C(=O)O)C1)=C2. The van der Waals surface area contributed by atoms with Crippen LogP contribution in [0.2, 0.25) is 0 Å². The van der Waals surface area contributed by atoms with Crippen LogP contribution in [0.5, 0.6) is 0 Å². The molecule has 4 nitrogen and oxygen atoms in total. The molecule has 0 unspecified atom stereocenters. The highest BCUT2D eigenvalue weighted by molar-refractivity contribution is 5.71. The Morgan fingerprint density at radius 3 is 2.88 bits per heavy atom. The normalized spacial score (nSPS) is 21.1. The zero-order valence-electron chi connectivity index (χ0n) is 14.6. The number of carboxylic acid groups (broad SMARTS) is 1. The predicted molar refractivity (Wildman–Crippen MR) is 94.8 cm³/mol. The van der Waals surface area contributed by atoms with Gasteiger partial charge in [0, 0.05) is 26.2 Å². The van der Waals surface area contributed by atoms with E-state index in [0.717, 1.165) is 26.0 Å². The van der Waals surface area contributed by atoms with Gasteiger partial charge in [-0.05, 0) is 35.4 Å². The van der Waals surface area contributed by atoms with E-state index in [0.29, 0.717) is 25.6 Å². The molecule has 3 rings (SSSR count). The summed E-state index contributed by atoms with van der Waals surface area (Å²) in [7, 11) is 0. The van der Waals surface area contributed by atoms with E-state index in [1.807, 2.05) is 0 Å². The van der Waals surface area contributed by atoms with Gasteiger partial charge in [0.1, 0.15) is 0 Å². The summed E-state index contributed by atoms with van der Waals surface area (Å²) >= 11 is 0. The van der Waals surface area contributed by atoms with Crippen molar-refractivity contribution in [3.8, 4) is 0 Å². The smallest absolute Gasteiger partial charge is 0.309 e. The second-order valence-corrected chi connectivity index (χ2v) is 7.14. The van der Waals surface area contributed by atoms with Gasteiger partial charge in [0.05, 0.1) is 12.5 Å². The first kappa shape index (κ1) is 17.2. The van der Waals surface area contributed by atoms with Crippen molar-refractivity contribution in [2.24, 2.45) is 11.8 Å². The molecule has 1 aromatic rings. The fourth-order valence-electron chi connectivity index (χ4n) is 3.52. The van der Waals surface area contributed by atoms with E-state index in [2.05, 4.69) is 43.0 Å². The first-order chi connectivity index (χ1) is 11.6. The lowest BCUT2D eigenvalue weighted by molar-refractivity contribution is -0.147. The summed E-state index contributed by atoms with van der Waals surface area (Å²) in [6, 6.07) is 6.63. The number of nitrogens with zero attached hydrogens (tertiary/aromatic N) is 1. The molecule has 0 spiro atoms. The van der Waals surface area contributed by atoms with Gasteiger partial charge in [-0.3, -0.25) is 9.69 Å². The number of likely N-dealkylation sites (tertiary alicyclic amines) is 1. The van der Waals surface area contributed by atoms with Crippen molar-refractivity contribution >= 4 is 12.0 Å². The Balaban J connectivity index is 1.63. The van der Waals surface area contributed by atoms with E-state index < -0.39 is 5.97 Å². The van der Waals surface area contributed by atoms with Crippen LogP contribution < -0.4 is 0 Å². The fourth-order valence-corrected chi connectivity index (χ4v) is 3.52. The van der Waals surface area contributed by atoms with E-state index in [-0.39, 0.29) is 5.92 Å². The van der Waals surface area contributed by atoms with Crippen LogP contribution in [0.15, 0.2) is 23.8 Å². The Kier molecular flexibility index (Phi) is 5.36. The summed E-state index contributed by atoms with van der Waals surface area (Å²) in [5.74, 6) is -0.337. The highest BCUT2D eigenvalue weighted by Crippen LogP contribution is 2.31. The van der Waals surface area contributed by atoms with Crippen LogP contribution in [-0.2, 0) is 22.6 Å². The molecule has 0 bridgehead atoms. The Bertz CT molecular complexity index is 632. The van der Waals surface area contributed by atoms with E-state index in [1.54, 1.807) is 0 Å². The maximum atomic E-state index is 10.9. The molecule has 24 heavy (non-hydrogen) atoms. The van der Waals surface area contributed by atoms with Crippen LogP contribution >= 0.6 is 0 Å². The van der Waals surface area contributed by atoms with Crippen molar-refractivity contribution in [1.82, 2.24) is 4.90 Å². The average Bonchev–Trinajstić information content (AvgIpc) is 2.50. The third kappa shape index (κ3) is 3.87. The quantitative estimate of drug-likeness (QED) is 0.781. The van der Waals surface area contributed by atoms with Gasteiger partial charge in [-0.2, -0.15) is 0 Å². The fraction of sp³-hybridized carbons (Fsp3) is 0.550. The highest BCUT2D eigenvalue weighted by Gasteiger charge is 2.33. The van der Waals surface area contributed by atoms with Gasteiger partial charge < -0.3 is 9.84 Å². The second kappa shape index (κ2) is 7.49. The number of hydrogen-bond donors (Lipinski definition) is 1. The maximum Gasteiger partial charge on any atom is 0.309 e. The molecule has 1 aliphatic carbocycles. The minimum absolute atomic E-state index is 0.178. The van der Waals surface area contributed by atoms with Crippen LogP contribution in [0.4, 0.5) is 0 Å². The lowest BCUT2D eigenvalue weighted by Gasteiger charge is -2.38. The van der Waals surface area contributed by atoms with Gasteiger partial charge in [-0.1, -0.05) is 43.7 Å². The molecule has 1 fully saturated rings. The van der Waals surface area contributed by atoms with Crippen molar-refractivity contribution in [2.75, 3.05) is 26.2 Å². The lowest BCUT2D eigenvalue weighted by Crippen LogP contribution is -2.51. The first-order valence-corrected chi connectivity index (χ1v) is 8.92. The van der Waals surface area contributed by atoms with Gasteiger partial charge in [0.15, 0.2) is 0 Å². The van der Waals surface area contributed by atoms with Crippen molar-refractivity contribution in [2.45, 2.75) is 33.3 Å². The summed E-state index contributed by atoms with van der Waals surface area (Å²) < 4.78 is 5.64. The number of fused-ring (bicyclic) bond motifs is 1. The monoisotopic (exact) mass is 329 g/mol. The molecule has 0 amide bonds. The molecule has 1 heterocycles. The Labute approximate surface area is 144 Å². The minimum atomic E-state index is -0.667. The zero-order valence-corrected chi connectivity index (χ0v) is 14.6. The Hall–Kier alpha value is -1.65. The molecule has 1 saturated heterocycles. The van der Waals surface area contributed by atoms with Crippen molar-refractivity contribution in [3.05, 3.63) is 40.5 Å². The number of benzene rings is 1. The van der Waals surface area contributed by atoms with E-state index in [4.69, 9.17) is 9.84 Å². The number of ether oxygens (including phenoxy) is 1. The molecule has 0 aromatic heterocycles. The molecule has 0 radical (unpaired) electrons. The van der Waals surface area contributed by atoms with E-state index in [1.165, 1.54) is 22.3 Å². The summed E-state index contributed by atoms with van der Waals surface area (Å²) in [6.45, 7) is 8.15. The summed E-state index contributed by atoms with van der Waals surface area (Å²) in [6.07, 6.45) is 4.40. The molecule has 1 aromatic carbocycles. The number of aliphatic carboxylic acids is 1. The minimum Gasteiger partial charge on any atom is -0.481 e. The summed E-state index contributed by atoms with van der Waals surface area (Å²) in [5.41, 5.74) is 5.37. The van der Waals surface area contributed by atoms with E-state index >= 15 is 0 Å². The molecule has 1 atom stereocenters. The van der Waals surface area contributed by atoms with Gasteiger partial charge >= 0.3 is 5.97 Å². The highest BCUT2D eigenvalue weighted by atomic mass is 16.5. The van der Waals surface area contributed by atoms with E-state index in [9.17, 15) is 4.79 Å².